The predicted molar refractivity (Wildman–Crippen MR) is 85.8 cm³/mol. The Balaban J connectivity index is 1.89. The molecule has 2 heterocycles. The number of hydrogen-bond donors (Lipinski definition) is 2. The lowest BCUT2D eigenvalue weighted by atomic mass is 9.96. The first-order valence-electron chi connectivity index (χ1n) is 10.3. The fourth-order valence-corrected chi connectivity index (χ4v) is 4.37. The number of β-lactam (4-membered cyclic amide) rings is 1. The summed E-state index contributed by atoms with van der Waals surface area (Å²) in [5.41, 5.74) is -0.836. The minimum absolute atomic E-state index is 0.685. The van der Waals surface area contributed by atoms with Crippen molar-refractivity contribution in [2.24, 2.45) is 0 Å². The second kappa shape index (κ2) is 5.56. The minimum Gasteiger partial charge on any atom is -0.480 e. The smallest absolute Gasteiger partial charge is 0.327 e. The van der Waals surface area contributed by atoms with Crippen molar-refractivity contribution in [1.82, 2.24) is 10.2 Å². The van der Waals surface area contributed by atoms with Crippen molar-refractivity contribution in [2.75, 3.05) is 0 Å². The van der Waals surface area contributed by atoms with Gasteiger partial charge in [-0.3, -0.25) is 9.59 Å². The van der Waals surface area contributed by atoms with Gasteiger partial charge in [0.2, 0.25) is 11.8 Å². The maximum absolute atomic E-state index is 12.7. The summed E-state index contributed by atoms with van der Waals surface area (Å²) < 4.78 is 54.0. The van der Waals surface area contributed by atoms with Gasteiger partial charge in [-0.2, -0.15) is 0 Å². The zero-order valence-electron chi connectivity index (χ0n) is 19.3. The van der Waals surface area contributed by atoms with E-state index in [0.29, 0.717) is 0 Å². The van der Waals surface area contributed by atoms with E-state index in [1.807, 2.05) is 0 Å². The van der Waals surface area contributed by atoms with Crippen LogP contribution in [-0.4, -0.2) is 50.0 Å². The maximum atomic E-state index is 12.7. The van der Waals surface area contributed by atoms with Crippen molar-refractivity contribution >= 4 is 29.5 Å². The molecule has 3 atom stereocenters. The molecular weight excluding hydrogens is 316 g/mol. The van der Waals surface area contributed by atoms with Gasteiger partial charge in [0.25, 0.3) is 0 Å². The Labute approximate surface area is 148 Å². The van der Waals surface area contributed by atoms with E-state index in [1.165, 1.54) is 0 Å². The molecule has 3 rings (SSSR count). The van der Waals surface area contributed by atoms with E-state index >= 15 is 0 Å². The molecule has 0 saturated carbocycles. The van der Waals surface area contributed by atoms with Crippen LogP contribution in [-0.2, 0) is 20.8 Å². The number of nitrogens with one attached hydrogen (secondary N) is 1. The van der Waals surface area contributed by atoms with Gasteiger partial charge in [-0.15, -0.1) is 11.8 Å². The van der Waals surface area contributed by atoms with E-state index in [2.05, 4.69) is 5.32 Å². The molecule has 2 fully saturated rings. The number of benzene rings is 1. The molecule has 2 aliphatic rings. The molecule has 2 amide bonds. The lowest BCUT2D eigenvalue weighted by Crippen LogP contribution is -2.70. The zero-order valence-corrected chi connectivity index (χ0v) is 13.1. The summed E-state index contributed by atoms with van der Waals surface area (Å²) in [7, 11) is 0. The molecule has 3 unspecified atom stereocenters. The Morgan fingerprint density at radius 3 is 2.70 bits per heavy atom. The predicted octanol–water partition coefficient (Wildman–Crippen LogP) is 0.861. The van der Waals surface area contributed by atoms with E-state index < -0.39 is 82.1 Å². The van der Waals surface area contributed by atoms with Crippen molar-refractivity contribution in [3.8, 4) is 0 Å². The van der Waals surface area contributed by atoms with Gasteiger partial charge in [0.1, 0.15) is 17.5 Å². The van der Waals surface area contributed by atoms with Crippen LogP contribution in [0, 0.1) is 0 Å². The summed E-state index contributed by atoms with van der Waals surface area (Å²) in [6.45, 7) is 3.29. The van der Waals surface area contributed by atoms with Crippen LogP contribution in [0.2, 0.25) is 0 Å². The summed E-state index contributed by atoms with van der Waals surface area (Å²) >= 11 is 1.16. The minimum atomic E-state index is -3.03. The molecule has 23 heavy (non-hydrogen) atoms. The summed E-state index contributed by atoms with van der Waals surface area (Å²) in [5.74, 6) is -3.23. The van der Waals surface area contributed by atoms with Gasteiger partial charge in [-0.25, -0.2) is 4.79 Å². The monoisotopic (exact) mass is 341 g/mol. The van der Waals surface area contributed by atoms with Crippen LogP contribution in [0.3, 0.4) is 0 Å². The number of carboxylic acids is 1. The molecule has 2 aliphatic heterocycles. The van der Waals surface area contributed by atoms with Gasteiger partial charge in [0, 0.05) is 7.49 Å². The molecular formula is C16H18N2O4S. The molecule has 0 spiro atoms. The molecule has 0 radical (unpaired) electrons. The SMILES string of the molecule is [2H]c1c([2H])c([2H])c(C([2H])([2H])C(=O)NC2C(=O)N3C2SC(C)(C)C3C(=O)O)c([2H])c1[2H]. The highest BCUT2D eigenvalue weighted by Gasteiger charge is 2.64. The number of thioether (sulfide) groups is 1. The Kier molecular flexibility index (Phi) is 2.25. The molecule has 7 heteroatoms. The van der Waals surface area contributed by atoms with E-state index in [9.17, 15) is 19.5 Å². The number of rotatable bonds is 4. The van der Waals surface area contributed by atoms with Gasteiger partial charge in [-0.1, -0.05) is 30.2 Å². The first kappa shape index (κ1) is 9.32. The average molecular weight is 341 g/mol. The normalized spacial score (nSPS) is 33.0. The van der Waals surface area contributed by atoms with E-state index in [1.54, 1.807) is 13.8 Å². The first-order chi connectivity index (χ1) is 13.6. The second-order valence-electron chi connectivity index (χ2n) is 5.67. The molecule has 1 aromatic carbocycles. The number of hydrogen-bond acceptors (Lipinski definition) is 4. The highest BCUT2D eigenvalue weighted by Crippen LogP contribution is 2.50. The molecule has 122 valence electrons. The topological polar surface area (TPSA) is 86.7 Å². The number of aliphatic carboxylic acids is 1. The van der Waals surface area contributed by atoms with Crippen molar-refractivity contribution in [1.29, 1.82) is 0 Å². The van der Waals surface area contributed by atoms with Crippen molar-refractivity contribution in [3.05, 3.63) is 35.8 Å². The number of amides is 2. The van der Waals surface area contributed by atoms with Crippen LogP contribution in [0.5, 0.6) is 0 Å². The molecule has 0 aliphatic carbocycles. The van der Waals surface area contributed by atoms with Crippen molar-refractivity contribution < 1.29 is 29.1 Å². The quantitative estimate of drug-likeness (QED) is 0.793. The number of fused-ring (bicyclic) bond motifs is 1. The van der Waals surface area contributed by atoms with Gasteiger partial charge >= 0.3 is 5.97 Å². The Morgan fingerprint density at radius 2 is 2.09 bits per heavy atom. The molecule has 2 N–H and O–H groups in total. The first-order valence-corrected chi connectivity index (χ1v) is 7.63. The third-order valence-corrected chi connectivity index (χ3v) is 5.27. The standard InChI is InChI=1S/C16H18N2O4S/c1-16(2)12(15(21)22)18-13(20)11(14(18)23-16)17-10(19)8-9-6-4-3-5-7-9/h3-7,11-12,14H,8H2,1-2H3,(H,17,19)(H,21,22)/i3D,4D,5D,6D,7D,8D2. The Bertz CT molecular complexity index is 958. The highest BCUT2D eigenvalue weighted by molar-refractivity contribution is 8.01. The molecule has 0 aromatic heterocycles. The lowest BCUT2D eigenvalue weighted by molar-refractivity contribution is -0.161. The third-order valence-electron chi connectivity index (χ3n) is 3.70. The van der Waals surface area contributed by atoms with Gasteiger partial charge < -0.3 is 15.3 Å². The fourth-order valence-electron chi connectivity index (χ4n) is 2.75. The number of carbonyl (C=O) groups is 3. The Morgan fingerprint density at radius 1 is 1.43 bits per heavy atom. The largest absolute Gasteiger partial charge is 0.480 e. The van der Waals surface area contributed by atoms with E-state index in [0.717, 1.165) is 16.7 Å². The van der Waals surface area contributed by atoms with Gasteiger partial charge in [0.05, 0.1) is 13.2 Å². The summed E-state index contributed by atoms with van der Waals surface area (Å²) in [4.78, 5) is 37.8. The fraction of sp³-hybridized carbons (Fsp3) is 0.438. The van der Waals surface area contributed by atoms with E-state index in [4.69, 9.17) is 9.60 Å². The highest BCUT2D eigenvalue weighted by atomic mass is 32.2. The van der Waals surface area contributed by atoms with Crippen molar-refractivity contribution in [3.63, 3.8) is 0 Å². The van der Waals surface area contributed by atoms with Crippen LogP contribution in [0.25, 0.3) is 0 Å². The lowest BCUT2D eigenvalue weighted by Gasteiger charge is -2.43. The van der Waals surface area contributed by atoms with Gasteiger partial charge in [0.15, 0.2) is 0 Å². The number of nitrogens with zero attached hydrogens (tertiary/aromatic N) is 1. The van der Waals surface area contributed by atoms with Crippen LogP contribution < -0.4 is 5.32 Å². The third kappa shape index (κ3) is 2.69. The molecule has 2 saturated heterocycles. The average Bonchev–Trinajstić information content (AvgIpc) is 2.90. The zero-order chi connectivity index (χ0) is 22.9. The van der Waals surface area contributed by atoms with Crippen molar-refractivity contribution in [2.45, 2.75) is 42.4 Å². The van der Waals surface area contributed by atoms with E-state index in [-0.39, 0.29) is 0 Å². The van der Waals surface area contributed by atoms with Crippen LogP contribution >= 0.6 is 11.8 Å². The van der Waals surface area contributed by atoms with Gasteiger partial charge in [-0.05, 0) is 19.4 Å². The van der Waals surface area contributed by atoms with Crippen LogP contribution in [0.15, 0.2) is 30.2 Å². The second-order valence-corrected chi connectivity index (χ2v) is 7.45. The molecule has 6 nitrogen and oxygen atoms in total. The molecule has 0 bridgehead atoms. The molecule has 1 aromatic rings. The summed E-state index contributed by atoms with van der Waals surface area (Å²) in [6.07, 6.45) is -3.03. The van der Waals surface area contributed by atoms with Crippen LogP contribution in [0.4, 0.5) is 0 Å². The number of carbonyl (C=O) groups excluding carboxylic acids is 2. The number of carboxylic acid groups (broad SMARTS) is 1. The maximum Gasteiger partial charge on any atom is 0.327 e. The van der Waals surface area contributed by atoms with Crippen LogP contribution in [0.1, 0.15) is 29.0 Å². The Hall–Kier alpha value is -2.02. The summed E-state index contributed by atoms with van der Waals surface area (Å²) in [5, 5.41) is 10.9. The summed E-state index contributed by atoms with van der Waals surface area (Å²) in [6, 6.07) is -6.30.